The highest BCUT2D eigenvalue weighted by Crippen LogP contribution is 2.41. The summed E-state index contributed by atoms with van der Waals surface area (Å²) < 4.78 is 5.18. The molecule has 1 spiro atoms. The monoisotopic (exact) mass is 375 g/mol. The predicted octanol–water partition coefficient (Wildman–Crippen LogP) is 1.96. The summed E-state index contributed by atoms with van der Waals surface area (Å²) in [4.78, 5) is 28.0. The fourth-order valence-corrected chi connectivity index (χ4v) is 4.14. The number of carbonyl (C=O) groups excluding carboxylic acids is 1. The number of aryl methyl sites for hydroxylation is 1. The van der Waals surface area contributed by atoms with Gasteiger partial charge >= 0.3 is 0 Å². The lowest BCUT2D eigenvalue weighted by atomic mass is 9.72. The van der Waals surface area contributed by atoms with Crippen molar-refractivity contribution in [1.29, 1.82) is 0 Å². The van der Waals surface area contributed by atoms with Gasteiger partial charge in [0.25, 0.3) is 0 Å². The quantitative estimate of drug-likeness (QED) is 0.757. The van der Waals surface area contributed by atoms with Gasteiger partial charge in [-0.3, -0.25) is 4.79 Å². The molecule has 0 radical (unpaired) electrons. The lowest BCUT2D eigenvalue weighted by Crippen LogP contribution is -2.52. The van der Waals surface area contributed by atoms with Gasteiger partial charge in [0.15, 0.2) is 0 Å². The number of aromatic nitrogens is 2. The third-order valence-electron chi connectivity index (χ3n) is 5.98. The highest BCUT2D eigenvalue weighted by atomic mass is 16.5. The first-order valence-corrected chi connectivity index (χ1v) is 10.0. The molecular weight excluding hydrogens is 342 g/mol. The molecule has 2 fully saturated rings. The van der Waals surface area contributed by atoms with E-state index < -0.39 is 0 Å². The van der Waals surface area contributed by atoms with Crippen molar-refractivity contribution in [2.24, 2.45) is 5.41 Å². The summed E-state index contributed by atoms with van der Waals surface area (Å²) in [5.41, 5.74) is 1.33. The van der Waals surface area contributed by atoms with Crippen LogP contribution in [0.1, 0.15) is 38.3 Å². The van der Waals surface area contributed by atoms with Crippen molar-refractivity contribution in [2.45, 2.75) is 39.0 Å². The summed E-state index contributed by atoms with van der Waals surface area (Å²) in [6.07, 6.45) is 4.79. The van der Waals surface area contributed by atoms with Crippen molar-refractivity contribution >= 4 is 17.7 Å². The number of amides is 1. The van der Waals surface area contributed by atoms with Crippen LogP contribution in [0.15, 0.2) is 6.07 Å². The lowest BCUT2D eigenvalue weighted by Gasteiger charge is -2.47. The van der Waals surface area contributed by atoms with Gasteiger partial charge in [0, 0.05) is 65.6 Å². The molecule has 0 saturated carbocycles. The second kappa shape index (κ2) is 8.42. The number of anilines is 2. The molecule has 2 saturated heterocycles. The van der Waals surface area contributed by atoms with E-state index in [1.807, 2.05) is 23.9 Å². The molecule has 0 unspecified atom stereocenters. The molecule has 1 aromatic heterocycles. The van der Waals surface area contributed by atoms with E-state index in [0.717, 1.165) is 62.8 Å². The SMILES string of the molecule is CCc1cc(N2CCC3(CCC(=O)N(CCOC)C3)CC2)nc(N(C)C)n1. The smallest absolute Gasteiger partial charge is 0.227 e. The summed E-state index contributed by atoms with van der Waals surface area (Å²) in [6, 6.07) is 2.13. The molecule has 0 bridgehead atoms. The van der Waals surface area contributed by atoms with Gasteiger partial charge in [-0.05, 0) is 31.1 Å². The molecule has 1 aromatic rings. The van der Waals surface area contributed by atoms with Crippen molar-refractivity contribution in [3.63, 3.8) is 0 Å². The highest BCUT2D eigenvalue weighted by molar-refractivity contribution is 5.77. The van der Waals surface area contributed by atoms with Crippen LogP contribution in [0.4, 0.5) is 11.8 Å². The van der Waals surface area contributed by atoms with Crippen LogP contribution in [0, 0.1) is 5.41 Å². The fourth-order valence-electron chi connectivity index (χ4n) is 4.14. The van der Waals surface area contributed by atoms with Gasteiger partial charge in [-0.25, -0.2) is 4.98 Å². The number of rotatable bonds is 6. The summed E-state index contributed by atoms with van der Waals surface area (Å²) in [7, 11) is 5.66. The summed E-state index contributed by atoms with van der Waals surface area (Å²) in [5.74, 6) is 2.08. The van der Waals surface area contributed by atoms with Crippen LogP contribution in [-0.4, -0.2) is 74.8 Å². The van der Waals surface area contributed by atoms with E-state index in [1.165, 1.54) is 0 Å². The molecule has 0 aliphatic carbocycles. The van der Waals surface area contributed by atoms with Gasteiger partial charge in [0.05, 0.1) is 6.61 Å². The first-order valence-electron chi connectivity index (χ1n) is 10.0. The Balaban J connectivity index is 1.68. The van der Waals surface area contributed by atoms with E-state index in [9.17, 15) is 4.79 Å². The Kier molecular flexibility index (Phi) is 6.19. The maximum absolute atomic E-state index is 12.2. The lowest BCUT2D eigenvalue weighted by molar-refractivity contribution is -0.139. The zero-order chi connectivity index (χ0) is 19.4. The molecule has 7 nitrogen and oxygen atoms in total. The number of carbonyl (C=O) groups is 1. The number of hydrogen-bond donors (Lipinski definition) is 0. The standard InChI is InChI=1S/C20H33N5O2/c1-5-16-14-17(22-19(21-16)23(2)3)24-10-8-20(9-11-24)7-6-18(26)25(15-20)12-13-27-4/h14H,5-13,15H2,1-4H3. The Morgan fingerprint density at radius 1 is 1.22 bits per heavy atom. The maximum Gasteiger partial charge on any atom is 0.227 e. The van der Waals surface area contributed by atoms with Gasteiger partial charge in [0.2, 0.25) is 11.9 Å². The van der Waals surface area contributed by atoms with E-state index in [0.29, 0.717) is 19.6 Å². The molecule has 0 aromatic carbocycles. The van der Waals surface area contributed by atoms with Crippen LogP contribution in [0.3, 0.4) is 0 Å². The molecule has 3 heterocycles. The van der Waals surface area contributed by atoms with Crippen LogP contribution in [-0.2, 0) is 16.0 Å². The van der Waals surface area contributed by atoms with Crippen molar-refractivity contribution in [3.05, 3.63) is 11.8 Å². The minimum absolute atomic E-state index is 0.253. The molecule has 2 aliphatic heterocycles. The molecule has 150 valence electrons. The number of nitrogens with zero attached hydrogens (tertiary/aromatic N) is 5. The van der Waals surface area contributed by atoms with Crippen molar-refractivity contribution in [2.75, 3.05) is 63.8 Å². The first kappa shape index (κ1) is 19.9. The van der Waals surface area contributed by atoms with E-state index in [1.54, 1.807) is 7.11 Å². The summed E-state index contributed by atoms with van der Waals surface area (Å²) >= 11 is 0. The third kappa shape index (κ3) is 4.51. The first-order chi connectivity index (χ1) is 13.0. The maximum atomic E-state index is 12.2. The summed E-state index contributed by atoms with van der Waals surface area (Å²) in [6.45, 7) is 6.29. The summed E-state index contributed by atoms with van der Waals surface area (Å²) in [5, 5.41) is 0. The zero-order valence-corrected chi connectivity index (χ0v) is 17.2. The van der Waals surface area contributed by atoms with Crippen LogP contribution in [0.5, 0.6) is 0 Å². The average molecular weight is 376 g/mol. The number of ether oxygens (including phenoxy) is 1. The Morgan fingerprint density at radius 3 is 2.59 bits per heavy atom. The van der Waals surface area contributed by atoms with Gasteiger partial charge in [-0.15, -0.1) is 0 Å². The molecular formula is C20H33N5O2. The van der Waals surface area contributed by atoms with Gasteiger partial charge in [-0.1, -0.05) is 6.92 Å². The Morgan fingerprint density at radius 2 is 1.96 bits per heavy atom. The van der Waals surface area contributed by atoms with Crippen LogP contribution >= 0.6 is 0 Å². The Labute approximate surface area is 162 Å². The predicted molar refractivity (Wildman–Crippen MR) is 107 cm³/mol. The van der Waals surface area contributed by atoms with E-state index in [-0.39, 0.29) is 11.3 Å². The number of methoxy groups -OCH3 is 1. The second-order valence-electron chi connectivity index (χ2n) is 8.06. The Bertz CT molecular complexity index is 656. The molecule has 7 heteroatoms. The molecule has 0 N–H and O–H groups in total. The number of piperidine rings is 2. The average Bonchev–Trinajstić information content (AvgIpc) is 2.69. The largest absolute Gasteiger partial charge is 0.383 e. The van der Waals surface area contributed by atoms with E-state index in [2.05, 4.69) is 22.9 Å². The minimum Gasteiger partial charge on any atom is -0.383 e. The number of likely N-dealkylation sites (tertiary alicyclic amines) is 1. The minimum atomic E-state index is 0.253. The molecule has 27 heavy (non-hydrogen) atoms. The van der Waals surface area contributed by atoms with Gasteiger partial charge in [-0.2, -0.15) is 4.98 Å². The zero-order valence-electron chi connectivity index (χ0n) is 17.2. The number of hydrogen-bond acceptors (Lipinski definition) is 6. The molecule has 2 aliphatic rings. The van der Waals surface area contributed by atoms with Crippen molar-refractivity contribution in [1.82, 2.24) is 14.9 Å². The molecule has 0 atom stereocenters. The van der Waals surface area contributed by atoms with Crippen molar-refractivity contribution < 1.29 is 9.53 Å². The normalized spacial score (nSPS) is 19.6. The highest BCUT2D eigenvalue weighted by Gasteiger charge is 2.41. The fraction of sp³-hybridized carbons (Fsp3) is 0.750. The van der Waals surface area contributed by atoms with Gasteiger partial charge < -0.3 is 19.4 Å². The van der Waals surface area contributed by atoms with E-state index in [4.69, 9.17) is 9.72 Å². The second-order valence-corrected chi connectivity index (χ2v) is 8.06. The molecule has 1 amide bonds. The van der Waals surface area contributed by atoms with Crippen LogP contribution < -0.4 is 9.80 Å². The van der Waals surface area contributed by atoms with Crippen LogP contribution in [0.25, 0.3) is 0 Å². The Hall–Kier alpha value is -1.89. The molecule has 3 rings (SSSR count). The van der Waals surface area contributed by atoms with Crippen LogP contribution in [0.2, 0.25) is 0 Å². The van der Waals surface area contributed by atoms with E-state index >= 15 is 0 Å². The third-order valence-corrected chi connectivity index (χ3v) is 5.98. The topological polar surface area (TPSA) is 61.8 Å². The van der Waals surface area contributed by atoms with Gasteiger partial charge in [0.1, 0.15) is 5.82 Å². The van der Waals surface area contributed by atoms with Crippen molar-refractivity contribution in [3.8, 4) is 0 Å².